The lowest BCUT2D eigenvalue weighted by atomic mass is 9.83. The number of hydrogen-bond donors (Lipinski definition) is 1. The second-order valence-corrected chi connectivity index (χ2v) is 8.03. The highest BCUT2D eigenvalue weighted by Crippen LogP contribution is 2.42. The van der Waals surface area contributed by atoms with Crippen molar-refractivity contribution in [2.24, 2.45) is 0 Å². The van der Waals surface area contributed by atoms with E-state index in [4.69, 9.17) is 14.2 Å². The van der Waals surface area contributed by atoms with Crippen molar-refractivity contribution in [2.45, 2.75) is 63.7 Å². The molecule has 2 saturated heterocycles. The van der Waals surface area contributed by atoms with E-state index >= 15 is 0 Å². The third-order valence-electron chi connectivity index (χ3n) is 5.53. The molecule has 3 atom stereocenters. The maximum absolute atomic E-state index is 6.20. The molecular weight excluding hydrogens is 348 g/mol. The van der Waals surface area contributed by atoms with Crippen molar-refractivity contribution in [3.63, 3.8) is 0 Å². The van der Waals surface area contributed by atoms with Crippen molar-refractivity contribution in [3.8, 4) is 5.75 Å². The SMILES string of the molecule is CCC(OC)C(CC)Oc1cccc(NSN2CCC23CCCOC3)c1. The molecule has 1 aromatic rings. The van der Waals surface area contributed by atoms with Gasteiger partial charge >= 0.3 is 0 Å². The molecule has 0 aliphatic carbocycles. The minimum Gasteiger partial charge on any atom is -0.488 e. The summed E-state index contributed by atoms with van der Waals surface area (Å²) in [6.45, 7) is 7.15. The standard InChI is InChI=1S/C20H32N2O3S/c1-4-18(23-3)19(5-2)25-17-9-6-8-16(14-17)21-26-22-12-11-20(22)10-7-13-24-15-20/h6,8-9,14,18-19,21H,4-5,7,10-13,15H2,1-3H3. The van der Waals surface area contributed by atoms with E-state index in [9.17, 15) is 0 Å². The van der Waals surface area contributed by atoms with Gasteiger partial charge in [-0.3, -0.25) is 0 Å². The minimum absolute atomic E-state index is 0.0749. The Morgan fingerprint density at radius 2 is 2.12 bits per heavy atom. The Kier molecular flexibility index (Phi) is 7.09. The highest BCUT2D eigenvalue weighted by Gasteiger charge is 2.46. The second kappa shape index (κ2) is 9.31. The molecule has 2 aliphatic heterocycles. The topological polar surface area (TPSA) is 43.0 Å². The zero-order valence-electron chi connectivity index (χ0n) is 16.2. The summed E-state index contributed by atoms with van der Waals surface area (Å²) in [4.78, 5) is 0. The number of nitrogens with one attached hydrogen (secondary N) is 1. The zero-order valence-corrected chi connectivity index (χ0v) is 17.0. The Morgan fingerprint density at radius 3 is 2.73 bits per heavy atom. The fourth-order valence-electron chi connectivity index (χ4n) is 3.81. The average Bonchev–Trinajstić information content (AvgIpc) is 2.68. The molecule has 0 aromatic heterocycles. The van der Waals surface area contributed by atoms with Gasteiger partial charge < -0.3 is 18.9 Å². The van der Waals surface area contributed by atoms with E-state index in [1.807, 2.05) is 12.1 Å². The fraction of sp³-hybridized carbons (Fsp3) is 0.700. The van der Waals surface area contributed by atoms with E-state index in [-0.39, 0.29) is 17.7 Å². The molecular formula is C20H32N2O3S. The summed E-state index contributed by atoms with van der Waals surface area (Å²) < 4.78 is 23.4. The van der Waals surface area contributed by atoms with Crippen LogP contribution in [0.2, 0.25) is 0 Å². The normalized spacial score (nSPS) is 25.5. The summed E-state index contributed by atoms with van der Waals surface area (Å²) in [5.41, 5.74) is 1.30. The number of benzene rings is 1. The Morgan fingerprint density at radius 1 is 1.27 bits per heavy atom. The van der Waals surface area contributed by atoms with Crippen molar-refractivity contribution in [3.05, 3.63) is 24.3 Å². The molecule has 2 heterocycles. The first-order valence-electron chi connectivity index (χ1n) is 9.78. The number of ether oxygens (including phenoxy) is 3. The molecule has 146 valence electrons. The molecule has 1 N–H and O–H groups in total. The minimum atomic E-state index is 0.0749. The van der Waals surface area contributed by atoms with Gasteiger partial charge in [0.25, 0.3) is 0 Å². The van der Waals surface area contributed by atoms with E-state index in [0.717, 1.165) is 50.5 Å². The summed E-state index contributed by atoms with van der Waals surface area (Å²) in [5, 5.41) is 0. The van der Waals surface area contributed by atoms with Crippen molar-refractivity contribution < 1.29 is 14.2 Å². The van der Waals surface area contributed by atoms with Crippen LogP contribution in [0.1, 0.15) is 46.0 Å². The molecule has 0 bridgehead atoms. The molecule has 0 saturated carbocycles. The number of anilines is 1. The van der Waals surface area contributed by atoms with Gasteiger partial charge in [-0.15, -0.1) is 0 Å². The van der Waals surface area contributed by atoms with Gasteiger partial charge in [-0.2, -0.15) is 0 Å². The van der Waals surface area contributed by atoms with Crippen LogP contribution in [0.4, 0.5) is 5.69 Å². The van der Waals surface area contributed by atoms with Gasteiger partial charge in [-0.05, 0) is 44.2 Å². The van der Waals surface area contributed by atoms with Gasteiger partial charge in [-0.1, -0.05) is 19.9 Å². The highest BCUT2D eigenvalue weighted by atomic mass is 32.2. The Labute approximate surface area is 162 Å². The van der Waals surface area contributed by atoms with Crippen LogP contribution in [0.3, 0.4) is 0 Å². The molecule has 1 spiro atoms. The molecule has 1 aromatic carbocycles. The van der Waals surface area contributed by atoms with Crippen LogP contribution < -0.4 is 9.46 Å². The van der Waals surface area contributed by atoms with Crippen LogP contribution in [0.25, 0.3) is 0 Å². The van der Waals surface area contributed by atoms with Gasteiger partial charge in [0, 0.05) is 44.1 Å². The molecule has 3 unspecified atom stereocenters. The molecule has 26 heavy (non-hydrogen) atoms. The van der Waals surface area contributed by atoms with Crippen LogP contribution in [0.5, 0.6) is 5.75 Å². The van der Waals surface area contributed by atoms with Crippen molar-refractivity contribution in [1.29, 1.82) is 0 Å². The Balaban J connectivity index is 1.55. The molecule has 6 heteroatoms. The van der Waals surface area contributed by atoms with Gasteiger partial charge in [0.15, 0.2) is 0 Å². The first kappa shape index (κ1) is 19.8. The lowest BCUT2D eigenvalue weighted by molar-refractivity contribution is -0.0592. The Hall–Kier alpha value is -0.950. The lowest BCUT2D eigenvalue weighted by Gasteiger charge is -2.53. The van der Waals surface area contributed by atoms with Crippen molar-refractivity contribution in [1.82, 2.24) is 4.31 Å². The molecule has 2 aliphatic rings. The van der Waals surface area contributed by atoms with Crippen LogP contribution >= 0.6 is 12.1 Å². The van der Waals surface area contributed by atoms with E-state index in [1.54, 1.807) is 19.2 Å². The molecule has 5 nitrogen and oxygen atoms in total. The average molecular weight is 381 g/mol. The lowest BCUT2D eigenvalue weighted by Crippen LogP contribution is -2.61. The predicted molar refractivity (Wildman–Crippen MR) is 108 cm³/mol. The Bertz CT molecular complexity index is 562. The summed E-state index contributed by atoms with van der Waals surface area (Å²) in [6.07, 6.45) is 5.70. The monoisotopic (exact) mass is 380 g/mol. The summed E-state index contributed by atoms with van der Waals surface area (Å²) in [7, 11) is 1.76. The highest BCUT2D eigenvalue weighted by molar-refractivity contribution is 7.98. The number of nitrogens with zero attached hydrogens (tertiary/aromatic N) is 1. The quantitative estimate of drug-likeness (QED) is 0.636. The van der Waals surface area contributed by atoms with Gasteiger partial charge in [0.05, 0.1) is 18.2 Å². The molecule has 3 rings (SSSR count). The number of hydrogen-bond acceptors (Lipinski definition) is 6. The van der Waals surface area contributed by atoms with E-state index < -0.39 is 0 Å². The maximum Gasteiger partial charge on any atom is 0.124 e. The van der Waals surface area contributed by atoms with Crippen LogP contribution in [0, 0.1) is 0 Å². The van der Waals surface area contributed by atoms with Crippen LogP contribution in [0.15, 0.2) is 24.3 Å². The fourth-order valence-corrected chi connectivity index (χ4v) is 4.77. The second-order valence-electron chi connectivity index (χ2n) is 7.20. The van der Waals surface area contributed by atoms with Gasteiger partial charge in [0.1, 0.15) is 11.9 Å². The predicted octanol–water partition coefficient (Wildman–Crippen LogP) is 4.50. The number of methoxy groups -OCH3 is 1. The summed E-state index contributed by atoms with van der Waals surface area (Å²) in [5.74, 6) is 0.886. The van der Waals surface area contributed by atoms with Crippen LogP contribution in [-0.2, 0) is 9.47 Å². The molecule has 2 fully saturated rings. The van der Waals surface area contributed by atoms with Gasteiger partial charge in [0.2, 0.25) is 0 Å². The van der Waals surface area contributed by atoms with Gasteiger partial charge in [-0.25, -0.2) is 4.31 Å². The third kappa shape index (κ3) is 4.47. The van der Waals surface area contributed by atoms with Crippen molar-refractivity contribution in [2.75, 3.05) is 31.6 Å². The molecule has 0 amide bonds. The van der Waals surface area contributed by atoms with E-state index in [1.165, 1.54) is 12.8 Å². The first-order valence-corrected chi connectivity index (χ1v) is 10.6. The first-order chi connectivity index (χ1) is 12.7. The maximum atomic E-state index is 6.20. The third-order valence-corrected chi connectivity index (χ3v) is 6.65. The zero-order chi connectivity index (χ0) is 18.4. The molecule has 0 radical (unpaired) electrons. The van der Waals surface area contributed by atoms with E-state index in [0.29, 0.717) is 0 Å². The number of rotatable bonds is 9. The largest absolute Gasteiger partial charge is 0.488 e. The van der Waals surface area contributed by atoms with Crippen molar-refractivity contribution >= 4 is 17.8 Å². The van der Waals surface area contributed by atoms with E-state index in [2.05, 4.69) is 35.0 Å². The summed E-state index contributed by atoms with van der Waals surface area (Å²) in [6, 6.07) is 8.20. The summed E-state index contributed by atoms with van der Waals surface area (Å²) >= 11 is 1.69. The van der Waals surface area contributed by atoms with Crippen LogP contribution in [-0.4, -0.2) is 48.9 Å². The smallest absolute Gasteiger partial charge is 0.124 e.